The number of aromatic amines is 1. The van der Waals surface area contributed by atoms with Gasteiger partial charge in [-0.1, -0.05) is 41.6 Å². The summed E-state index contributed by atoms with van der Waals surface area (Å²) in [5, 5.41) is 11.4. The number of rotatable bonds is 4. The van der Waals surface area contributed by atoms with Gasteiger partial charge in [-0.05, 0) is 43.2 Å². The average molecular weight is 409 g/mol. The maximum Gasteiger partial charge on any atom is 0.196 e. The Labute approximate surface area is 171 Å². The van der Waals surface area contributed by atoms with Crippen molar-refractivity contribution in [2.75, 3.05) is 0 Å². The molecule has 28 heavy (non-hydrogen) atoms. The van der Waals surface area contributed by atoms with Gasteiger partial charge in [0.15, 0.2) is 11.0 Å². The molecule has 0 bridgehead atoms. The number of fused-ring (bicyclic) bond motifs is 1. The molecule has 2 aromatic carbocycles. The van der Waals surface area contributed by atoms with Crippen molar-refractivity contribution in [1.82, 2.24) is 19.7 Å². The summed E-state index contributed by atoms with van der Waals surface area (Å²) in [5.74, 6) is 1.04. The SMILES string of the molecule is O=C1CCCC1Sc1nnc(-c2c[nH]c3ccccc23)n1-c1ccc(Cl)cc1. The molecule has 0 saturated heterocycles. The Balaban J connectivity index is 1.66. The lowest BCUT2D eigenvalue weighted by Gasteiger charge is -2.12. The average Bonchev–Trinajstić information content (AvgIpc) is 3.42. The Morgan fingerprint density at radius 2 is 1.93 bits per heavy atom. The first-order chi connectivity index (χ1) is 13.7. The van der Waals surface area contributed by atoms with Gasteiger partial charge < -0.3 is 4.98 Å². The quantitative estimate of drug-likeness (QED) is 0.498. The molecule has 1 unspecified atom stereocenters. The number of carbonyl (C=O) groups is 1. The van der Waals surface area contributed by atoms with Gasteiger partial charge in [-0.3, -0.25) is 9.36 Å². The van der Waals surface area contributed by atoms with Crippen LogP contribution >= 0.6 is 23.4 Å². The number of ketones is 1. The van der Waals surface area contributed by atoms with E-state index in [0.717, 1.165) is 46.0 Å². The van der Waals surface area contributed by atoms with Crippen LogP contribution in [0.5, 0.6) is 0 Å². The summed E-state index contributed by atoms with van der Waals surface area (Å²) in [6, 6.07) is 15.7. The number of thioether (sulfide) groups is 1. The Bertz CT molecular complexity index is 1160. The van der Waals surface area contributed by atoms with E-state index in [2.05, 4.69) is 21.2 Å². The predicted molar refractivity (Wildman–Crippen MR) is 112 cm³/mol. The number of hydrogen-bond acceptors (Lipinski definition) is 4. The van der Waals surface area contributed by atoms with Gasteiger partial charge in [0, 0.05) is 39.8 Å². The van der Waals surface area contributed by atoms with Crippen molar-refractivity contribution in [3.05, 3.63) is 59.8 Å². The molecule has 7 heteroatoms. The Morgan fingerprint density at radius 1 is 1.11 bits per heavy atom. The van der Waals surface area contributed by atoms with Crippen molar-refractivity contribution in [2.45, 2.75) is 29.7 Å². The first-order valence-electron chi connectivity index (χ1n) is 9.18. The summed E-state index contributed by atoms with van der Waals surface area (Å²) in [4.78, 5) is 15.5. The number of H-pyrrole nitrogens is 1. The van der Waals surface area contributed by atoms with Crippen molar-refractivity contribution in [2.24, 2.45) is 0 Å². The predicted octanol–water partition coefficient (Wildman–Crippen LogP) is 5.28. The highest BCUT2D eigenvalue weighted by Gasteiger charge is 2.29. The van der Waals surface area contributed by atoms with Crippen molar-refractivity contribution >= 4 is 40.0 Å². The van der Waals surface area contributed by atoms with Crippen LogP contribution in [0.2, 0.25) is 5.02 Å². The van der Waals surface area contributed by atoms with Crippen LogP contribution in [0.3, 0.4) is 0 Å². The van der Waals surface area contributed by atoms with E-state index >= 15 is 0 Å². The normalized spacial score (nSPS) is 16.9. The fourth-order valence-electron chi connectivity index (χ4n) is 3.64. The molecule has 4 aromatic rings. The molecule has 140 valence electrons. The lowest BCUT2D eigenvalue weighted by molar-refractivity contribution is -0.116. The number of nitrogens with zero attached hydrogens (tertiary/aromatic N) is 3. The first kappa shape index (κ1) is 17.5. The third kappa shape index (κ3) is 3.02. The number of benzene rings is 2. The van der Waals surface area contributed by atoms with Crippen LogP contribution in [0.1, 0.15) is 19.3 Å². The topological polar surface area (TPSA) is 63.6 Å². The van der Waals surface area contributed by atoms with Gasteiger partial charge in [0.05, 0.1) is 5.25 Å². The van der Waals surface area contributed by atoms with Gasteiger partial charge in [0.1, 0.15) is 5.78 Å². The van der Waals surface area contributed by atoms with Gasteiger partial charge >= 0.3 is 0 Å². The third-order valence-corrected chi connectivity index (χ3v) is 6.55. The van der Waals surface area contributed by atoms with Gasteiger partial charge in [0.2, 0.25) is 0 Å². The largest absolute Gasteiger partial charge is 0.360 e. The highest BCUT2D eigenvalue weighted by atomic mass is 35.5. The zero-order valence-electron chi connectivity index (χ0n) is 14.9. The van der Waals surface area contributed by atoms with Crippen molar-refractivity contribution in [3.8, 4) is 17.1 Å². The third-order valence-electron chi connectivity index (χ3n) is 5.04. The highest BCUT2D eigenvalue weighted by Crippen LogP contribution is 2.36. The van der Waals surface area contributed by atoms with Gasteiger partial charge in [-0.25, -0.2) is 0 Å². The summed E-state index contributed by atoms with van der Waals surface area (Å²) in [7, 11) is 0. The Kier molecular flexibility index (Phi) is 4.45. The van der Waals surface area contributed by atoms with Crippen LogP contribution in [0.4, 0.5) is 0 Å². The Morgan fingerprint density at radius 3 is 2.71 bits per heavy atom. The summed E-state index contributed by atoms with van der Waals surface area (Å²) in [6.45, 7) is 0. The van der Waals surface area contributed by atoms with Gasteiger partial charge in [-0.15, -0.1) is 10.2 Å². The number of aromatic nitrogens is 4. The molecule has 1 fully saturated rings. The van der Waals surface area contributed by atoms with Crippen LogP contribution in [0, 0.1) is 0 Å². The second-order valence-corrected chi connectivity index (χ2v) is 8.44. The molecule has 0 radical (unpaired) electrons. The summed E-state index contributed by atoms with van der Waals surface area (Å²) < 4.78 is 2.02. The van der Waals surface area contributed by atoms with E-state index < -0.39 is 0 Å². The number of Topliss-reactive ketones (excluding diaryl/α,β-unsaturated/α-hetero) is 1. The summed E-state index contributed by atoms with van der Waals surface area (Å²) in [5.41, 5.74) is 2.94. The maximum absolute atomic E-state index is 12.2. The number of nitrogens with one attached hydrogen (secondary N) is 1. The minimum absolute atomic E-state index is 0.0499. The molecule has 1 atom stereocenters. The monoisotopic (exact) mass is 408 g/mol. The molecule has 5 rings (SSSR count). The van der Waals surface area contributed by atoms with Crippen LogP contribution in [0.15, 0.2) is 59.9 Å². The fraction of sp³-hybridized carbons (Fsp3) is 0.190. The van der Waals surface area contributed by atoms with Gasteiger partial charge in [0.25, 0.3) is 0 Å². The van der Waals surface area contributed by atoms with Crippen molar-refractivity contribution < 1.29 is 4.79 Å². The molecule has 1 saturated carbocycles. The molecule has 1 aliphatic rings. The molecule has 1 N–H and O–H groups in total. The molecular formula is C21H17ClN4OS. The van der Waals surface area contributed by atoms with E-state index in [-0.39, 0.29) is 5.25 Å². The highest BCUT2D eigenvalue weighted by molar-refractivity contribution is 8.00. The van der Waals surface area contributed by atoms with E-state index in [4.69, 9.17) is 11.6 Å². The zero-order chi connectivity index (χ0) is 19.1. The second-order valence-electron chi connectivity index (χ2n) is 6.83. The van der Waals surface area contributed by atoms with E-state index in [1.165, 1.54) is 11.8 Å². The van der Waals surface area contributed by atoms with E-state index in [1.807, 2.05) is 53.2 Å². The molecule has 0 spiro atoms. The number of halogens is 1. The molecule has 5 nitrogen and oxygen atoms in total. The lowest BCUT2D eigenvalue weighted by Crippen LogP contribution is -2.10. The number of carbonyl (C=O) groups excluding carboxylic acids is 1. The van der Waals surface area contributed by atoms with Crippen LogP contribution in [0.25, 0.3) is 28.0 Å². The lowest BCUT2D eigenvalue weighted by atomic mass is 10.1. The minimum atomic E-state index is -0.0499. The van der Waals surface area contributed by atoms with Crippen molar-refractivity contribution in [3.63, 3.8) is 0 Å². The molecule has 1 aliphatic carbocycles. The standard InChI is InChI=1S/C21H17ClN4OS/c22-13-8-10-14(11-9-13)26-20(16-12-23-17-5-2-1-4-15(16)17)24-25-21(26)28-19-7-3-6-18(19)27/h1-2,4-5,8-12,19,23H,3,6-7H2. The van der Waals surface area contributed by atoms with Gasteiger partial charge in [-0.2, -0.15) is 0 Å². The molecule has 2 aromatic heterocycles. The van der Waals surface area contributed by atoms with Crippen molar-refractivity contribution in [1.29, 1.82) is 0 Å². The first-order valence-corrected chi connectivity index (χ1v) is 10.4. The van der Waals surface area contributed by atoms with Crippen LogP contribution < -0.4 is 0 Å². The molecule has 0 amide bonds. The smallest absolute Gasteiger partial charge is 0.196 e. The van der Waals surface area contributed by atoms with E-state index in [9.17, 15) is 4.79 Å². The Hall–Kier alpha value is -2.57. The summed E-state index contributed by atoms with van der Waals surface area (Å²) >= 11 is 7.60. The number of hydrogen-bond donors (Lipinski definition) is 1. The van der Waals surface area contributed by atoms with Crippen LogP contribution in [-0.2, 0) is 4.79 Å². The second kappa shape index (κ2) is 7.11. The molecular weight excluding hydrogens is 392 g/mol. The fourth-order valence-corrected chi connectivity index (χ4v) is 4.94. The molecule has 2 heterocycles. The maximum atomic E-state index is 12.2. The van der Waals surface area contributed by atoms with E-state index in [1.54, 1.807) is 0 Å². The number of para-hydroxylation sites is 1. The molecule has 0 aliphatic heterocycles. The van der Waals surface area contributed by atoms with Crippen LogP contribution in [-0.4, -0.2) is 30.8 Å². The van der Waals surface area contributed by atoms with E-state index in [0.29, 0.717) is 17.2 Å². The minimum Gasteiger partial charge on any atom is -0.360 e. The summed E-state index contributed by atoms with van der Waals surface area (Å²) in [6.07, 6.45) is 4.44. The zero-order valence-corrected chi connectivity index (χ0v) is 16.5.